The van der Waals surface area contributed by atoms with Crippen molar-refractivity contribution in [2.75, 3.05) is 13.1 Å². The van der Waals surface area contributed by atoms with Crippen molar-refractivity contribution in [1.29, 1.82) is 0 Å². The van der Waals surface area contributed by atoms with Gasteiger partial charge in [-0.15, -0.1) is 0 Å². The minimum absolute atomic E-state index is 0.0237. The van der Waals surface area contributed by atoms with E-state index in [1.54, 1.807) is 11.8 Å². The fourth-order valence-electron chi connectivity index (χ4n) is 2.29. The lowest BCUT2D eigenvalue weighted by Gasteiger charge is -2.31. The van der Waals surface area contributed by atoms with Crippen LogP contribution in [0.25, 0.3) is 0 Å². The fraction of sp³-hybridized carbons (Fsp3) is 0.533. The van der Waals surface area contributed by atoms with Gasteiger partial charge in [0.25, 0.3) is 5.91 Å². The Balaban J connectivity index is 1.97. The summed E-state index contributed by atoms with van der Waals surface area (Å²) in [5.41, 5.74) is 1.13. The van der Waals surface area contributed by atoms with Crippen molar-refractivity contribution in [2.24, 2.45) is 0 Å². The van der Waals surface area contributed by atoms with Gasteiger partial charge in [0.05, 0.1) is 10.6 Å². The molecule has 0 bridgehead atoms. The number of amides is 1. The minimum Gasteiger partial charge on any atom is -0.480 e. The Morgan fingerprint density at radius 3 is 2.70 bits per heavy atom. The van der Waals surface area contributed by atoms with Crippen LogP contribution in [0.1, 0.15) is 25.3 Å². The van der Waals surface area contributed by atoms with Crippen LogP contribution in [-0.4, -0.2) is 41.2 Å². The number of nitrogens with zero attached hydrogens (tertiary/aromatic N) is 1. The zero-order chi connectivity index (χ0) is 14.7. The van der Waals surface area contributed by atoms with Crippen LogP contribution in [0.2, 0.25) is 0 Å². The molecule has 5 heteroatoms. The predicted octanol–water partition coefficient (Wildman–Crippen LogP) is 2.51. The average Bonchev–Trinajstić information content (AvgIpc) is 2.42. The molecule has 110 valence electrons. The Kier molecular flexibility index (Phi) is 5.05. The molecule has 1 saturated heterocycles. The van der Waals surface area contributed by atoms with E-state index in [0.29, 0.717) is 31.7 Å². The first kappa shape index (κ1) is 15.3. The van der Waals surface area contributed by atoms with Gasteiger partial charge in [-0.25, -0.2) is 0 Å². The van der Waals surface area contributed by atoms with Gasteiger partial charge in [-0.2, -0.15) is 0 Å². The highest BCUT2D eigenvalue weighted by Crippen LogP contribution is 2.27. The molecule has 0 aromatic heterocycles. The minimum atomic E-state index is -0.524. The number of ether oxygens (including phenoxy) is 1. The van der Waals surface area contributed by atoms with Crippen molar-refractivity contribution >= 4 is 21.8 Å². The van der Waals surface area contributed by atoms with E-state index in [1.807, 2.05) is 25.1 Å². The van der Waals surface area contributed by atoms with E-state index in [9.17, 15) is 9.90 Å². The van der Waals surface area contributed by atoms with E-state index in [-0.39, 0.29) is 12.0 Å². The van der Waals surface area contributed by atoms with Crippen molar-refractivity contribution in [1.82, 2.24) is 4.90 Å². The molecule has 1 atom stereocenters. The second-order valence-electron chi connectivity index (χ2n) is 5.25. The first-order valence-corrected chi connectivity index (χ1v) is 7.66. The highest BCUT2D eigenvalue weighted by Gasteiger charge is 2.26. The van der Waals surface area contributed by atoms with Gasteiger partial charge in [0.1, 0.15) is 5.75 Å². The van der Waals surface area contributed by atoms with Crippen LogP contribution in [0, 0.1) is 6.92 Å². The van der Waals surface area contributed by atoms with Crippen molar-refractivity contribution in [3.8, 4) is 5.75 Å². The van der Waals surface area contributed by atoms with Crippen LogP contribution < -0.4 is 4.74 Å². The summed E-state index contributed by atoms with van der Waals surface area (Å²) >= 11 is 3.45. The Morgan fingerprint density at radius 1 is 1.45 bits per heavy atom. The molecule has 1 heterocycles. The number of rotatable bonds is 3. The Hall–Kier alpha value is -1.07. The Morgan fingerprint density at radius 2 is 2.10 bits per heavy atom. The summed E-state index contributed by atoms with van der Waals surface area (Å²) in [6.07, 6.45) is 0.491. The number of hydrogen-bond acceptors (Lipinski definition) is 3. The highest BCUT2D eigenvalue weighted by atomic mass is 79.9. The van der Waals surface area contributed by atoms with Crippen LogP contribution >= 0.6 is 15.9 Å². The van der Waals surface area contributed by atoms with Gasteiger partial charge < -0.3 is 14.7 Å². The summed E-state index contributed by atoms with van der Waals surface area (Å²) in [5, 5.41) is 9.47. The fourth-order valence-corrected chi connectivity index (χ4v) is 2.87. The summed E-state index contributed by atoms with van der Waals surface area (Å²) in [5.74, 6) is 0.651. The van der Waals surface area contributed by atoms with Gasteiger partial charge in [-0.3, -0.25) is 4.79 Å². The highest BCUT2D eigenvalue weighted by molar-refractivity contribution is 9.10. The lowest BCUT2D eigenvalue weighted by molar-refractivity contribution is -0.140. The summed E-state index contributed by atoms with van der Waals surface area (Å²) < 4.78 is 6.59. The lowest BCUT2D eigenvalue weighted by atomic mass is 10.1. The van der Waals surface area contributed by atoms with E-state index in [4.69, 9.17) is 4.74 Å². The summed E-state index contributed by atoms with van der Waals surface area (Å²) in [7, 11) is 0. The number of aliphatic hydroxyl groups is 1. The molecule has 1 fully saturated rings. The molecule has 0 radical (unpaired) electrons. The van der Waals surface area contributed by atoms with E-state index in [0.717, 1.165) is 10.0 Å². The third kappa shape index (κ3) is 3.73. The number of piperidine rings is 1. The molecule has 1 N–H and O–H groups in total. The van der Waals surface area contributed by atoms with Crippen molar-refractivity contribution in [3.05, 3.63) is 28.2 Å². The number of carbonyl (C=O) groups excluding carboxylic acids is 1. The largest absolute Gasteiger partial charge is 0.480 e. The zero-order valence-electron chi connectivity index (χ0n) is 11.8. The lowest BCUT2D eigenvalue weighted by Crippen LogP contribution is -2.45. The van der Waals surface area contributed by atoms with E-state index >= 15 is 0 Å². The van der Waals surface area contributed by atoms with Crippen LogP contribution in [-0.2, 0) is 4.79 Å². The standard InChI is InChI=1S/C15H20BrNO3/c1-10-3-4-14(13(16)9-10)20-11(2)15(19)17-7-5-12(18)6-8-17/h3-4,9,11-12,18H,5-8H2,1-2H3. The SMILES string of the molecule is Cc1ccc(OC(C)C(=O)N2CCC(O)CC2)c(Br)c1. The van der Waals surface area contributed by atoms with Crippen molar-refractivity contribution in [2.45, 2.75) is 38.9 Å². The topological polar surface area (TPSA) is 49.8 Å². The molecular formula is C15H20BrNO3. The van der Waals surface area contributed by atoms with Gasteiger partial charge in [0.2, 0.25) is 0 Å². The molecule has 1 aliphatic rings. The molecule has 2 rings (SSSR count). The first-order valence-electron chi connectivity index (χ1n) is 6.87. The molecule has 1 aromatic rings. The van der Waals surface area contributed by atoms with Crippen LogP contribution in [0.3, 0.4) is 0 Å². The van der Waals surface area contributed by atoms with Crippen LogP contribution in [0.15, 0.2) is 22.7 Å². The molecule has 1 amide bonds. The molecule has 0 aliphatic carbocycles. The molecule has 20 heavy (non-hydrogen) atoms. The van der Waals surface area contributed by atoms with Gasteiger partial charge in [0, 0.05) is 13.1 Å². The number of benzene rings is 1. The first-order chi connectivity index (χ1) is 9.47. The third-order valence-electron chi connectivity index (χ3n) is 3.52. The van der Waals surface area contributed by atoms with Crippen LogP contribution in [0.5, 0.6) is 5.75 Å². The molecule has 4 nitrogen and oxygen atoms in total. The van der Waals surface area contributed by atoms with Gasteiger partial charge >= 0.3 is 0 Å². The molecule has 1 aliphatic heterocycles. The number of carbonyl (C=O) groups is 1. The average molecular weight is 342 g/mol. The van der Waals surface area contributed by atoms with Crippen molar-refractivity contribution < 1.29 is 14.6 Å². The second-order valence-corrected chi connectivity index (χ2v) is 6.10. The smallest absolute Gasteiger partial charge is 0.263 e. The number of aryl methyl sites for hydroxylation is 1. The molecule has 0 spiro atoms. The maximum absolute atomic E-state index is 12.3. The summed E-state index contributed by atoms with van der Waals surface area (Å²) in [6, 6.07) is 5.78. The number of halogens is 1. The molecule has 1 unspecified atom stereocenters. The maximum atomic E-state index is 12.3. The Bertz CT molecular complexity index is 484. The van der Waals surface area contributed by atoms with Gasteiger partial charge in [-0.1, -0.05) is 6.07 Å². The number of likely N-dealkylation sites (tertiary alicyclic amines) is 1. The molecular weight excluding hydrogens is 322 g/mol. The Labute approximate surface area is 127 Å². The van der Waals surface area contributed by atoms with E-state index in [2.05, 4.69) is 15.9 Å². The van der Waals surface area contributed by atoms with E-state index < -0.39 is 6.10 Å². The van der Waals surface area contributed by atoms with Gasteiger partial charge in [-0.05, 0) is 60.3 Å². The zero-order valence-corrected chi connectivity index (χ0v) is 13.4. The normalized spacial score (nSPS) is 17.9. The van der Waals surface area contributed by atoms with Crippen LogP contribution in [0.4, 0.5) is 0 Å². The quantitative estimate of drug-likeness (QED) is 0.918. The van der Waals surface area contributed by atoms with Gasteiger partial charge in [0.15, 0.2) is 6.10 Å². The molecule has 1 aromatic carbocycles. The van der Waals surface area contributed by atoms with E-state index in [1.165, 1.54) is 0 Å². The monoisotopic (exact) mass is 341 g/mol. The number of aliphatic hydroxyl groups excluding tert-OH is 1. The second kappa shape index (κ2) is 6.59. The maximum Gasteiger partial charge on any atom is 0.263 e. The third-order valence-corrected chi connectivity index (χ3v) is 4.13. The van der Waals surface area contributed by atoms with Crippen molar-refractivity contribution in [3.63, 3.8) is 0 Å². The summed E-state index contributed by atoms with van der Waals surface area (Å²) in [6.45, 7) is 4.97. The number of hydrogen-bond donors (Lipinski definition) is 1. The molecule has 0 saturated carbocycles. The summed E-state index contributed by atoms with van der Waals surface area (Å²) in [4.78, 5) is 14.1. The predicted molar refractivity (Wildman–Crippen MR) is 80.8 cm³/mol.